The van der Waals surface area contributed by atoms with Crippen LogP contribution in [-0.4, -0.2) is 80.6 Å². The van der Waals surface area contributed by atoms with Gasteiger partial charge in [0.2, 0.25) is 11.8 Å². The minimum Gasteiger partial charge on any atom is -0.485 e. The number of nitrogens with one attached hydrogen (secondary N) is 1. The Kier molecular flexibility index (Phi) is 5.43. The van der Waals surface area contributed by atoms with Gasteiger partial charge in [-0.05, 0) is 26.1 Å². The van der Waals surface area contributed by atoms with Gasteiger partial charge in [-0.25, -0.2) is 0 Å². The molecule has 1 aromatic rings. The summed E-state index contributed by atoms with van der Waals surface area (Å²) in [6, 6.07) is 8.06. The predicted molar refractivity (Wildman–Crippen MR) is 95.8 cm³/mol. The molecule has 7 heteroatoms. The third-order valence-corrected chi connectivity index (χ3v) is 4.62. The number of likely N-dealkylation sites (N-methyl/N-ethyl adjacent to an activating group) is 2. The third-order valence-electron chi connectivity index (χ3n) is 4.62. The van der Waals surface area contributed by atoms with Crippen LogP contribution in [0.5, 0.6) is 5.75 Å². The van der Waals surface area contributed by atoms with Crippen LogP contribution >= 0.6 is 0 Å². The lowest BCUT2D eigenvalue weighted by molar-refractivity contribution is -0.139. The van der Waals surface area contributed by atoms with Crippen LogP contribution in [0.2, 0.25) is 0 Å². The van der Waals surface area contributed by atoms with Gasteiger partial charge in [0.1, 0.15) is 11.9 Å². The molecule has 136 valence electrons. The monoisotopic (exact) mass is 346 g/mol. The molecule has 0 aromatic heterocycles. The number of anilines is 1. The average molecular weight is 346 g/mol. The maximum Gasteiger partial charge on any atom is 0.239 e. The number of benzene rings is 1. The molecular weight excluding hydrogens is 320 g/mol. The molecule has 0 unspecified atom stereocenters. The Morgan fingerprint density at radius 2 is 2.20 bits per heavy atom. The quantitative estimate of drug-likeness (QED) is 0.823. The summed E-state index contributed by atoms with van der Waals surface area (Å²) in [4.78, 5) is 29.7. The van der Waals surface area contributed by atoms with E-state index in [1.54, 1.807) is 4.90 Å². The van der Waals surface area contributed by atoms with E-state index in [-0.39, 0.29) is 24.5 Å². The molecule has 1 fully saturated rings. The van der Waals surface area contributed by atoms with Crippen LogP contribution in [0.3, 0.4) is 0 Å². The van der Waals surface area contributed by atoms with Crippen molar-refractivity contribution in [2.24, 2.45) is 0 Å². The van der Waals surface area contributed by atoms with Crippen molar-refractivity contribution in [3.63, 3.8) is 0 Å². The van der Waals surface area contributed by atoms with Crippen molar-refractivity contribution in [3.05, 3.63) is 24.3 Å². The van der Waals surface area contributed by atoms with Crippen LogP contribution in [-0.2, 0) is 9.59 Å². The van der Waals surface area contributed by atoms with Gasteiger partial charge in [-0.15, -0.1) is 0 Å². The van der Waals surface area contributed by atoms with Gasteiger partial charge in [0.25, 0.3) is 0 Å². The number of rotatable bonds is 5. The second-order valence-electron chi connectivity index (χ2n) is 6.61. The first-order valence-electron chi connectivity index (χ1n) is 8.80. The van der Waals surface area contributed by atoms with Crippen LogP contribution in [0, 0.1) is 0 Å². The number of hydrogen-bond donors (Lipinski definition) is 1. The third kappa shape index (κ3) is 4.22. The van der Waals surface area contributed by atoms with Crippen molar-refractivity contribution in [3.8, 4) is 5.75 Å². The molecule has 2 aliphatic rings. The highest BCUT2D eigenvalue weighted by Gasteiger charge is 2.27. The highest BCUT2D eigenvalue weighted by molar-refractivity contribution is 5.86. The SMILES string of the molecule is CCN1C[C@H](CN(C)CC(=O)N2CCNC(=O)C2)Oc2ccccc21. The number of piperazine rings is 1. The van der Waals surface area contributed by atoms with Crippen molar-refractivity contribution < 1.29 is 14.3 Å². The first kappa shape index (κ1) is 17.5. The number of para-hydroxylation sites is 2. The summed E-state index contributed by atoms with van der Waals surface area (Å²) < 4.78 is 6.11. The van der Waals surface area contributed by atoms with Crippen molar-refractivity contribution in [1.82, 2.24) is 15.1 Å². The number of fused-ring (bicyclic) bond motifs is 1. The largest absolute Gasteiger partial charge is 0.485 e. The van der Waals surface area contributed by atoms with Gasteiger partial charge in [-0.2, -0.15) is 0 Å². The number of ether oxygens (including phenoxy) is 1. The van der Waals surface area contributed by atoms with Gasteiger partial charge in [0, 0.05) is 26.2 Å². The number of carbonyl (C=O) groups is 2. The molecule has 1 saturated heterocycles. The first-order valence-corrected chi connectivity index (χ1v) is 8.80. The molecular formula is C18H26N4O3. The molecule has 0 aliphatic carbocycles. The first-order chi connectivity index (χ1) is 12.1. The van der Waals surface area contributed by atoms with E-state index in [4.69, 9.17) is 4.74 Å². The molecule has 0 saturated carbocycles. The fraction of sp³-hybridized carbons (Fsp3) is 0.556. The molecule has 0 bridgehead atoms. The molecule has 1 N–H and O–H groups in total. The van der Waals surface area contributed by atoms with Crippen LogP contribution in [0.25, 0.3) is 0 Å². The summed E-state index contributed by atoms with van der Waals surface area (Å²) in [7, 11) is 1.92. The van der Waals surface area contributed by atoms with E-state index >= 15 is 0 Å². The minimum absolute atomic E-state index is 0.0114. The second-order valence-corrected chi connectivity index (χ2v) is 6.61. The normalized spacial score (nSPS) is 20.1. The lowest BCUT2D eigenvalue weighted by atomic mass is 10.2. The lowest BCUT2D eigenvalue weighted by Gasteiger charge is -2.37. The zero-order chi connectivity index (χ0) is 17.8. The van der Waals surface area contributed by atoms with E-state index in [1.807, 2.05) is 30.1 Å². The van der Waals surface area contributed by atoms with Crippen molar-refractivity contribution >= 4 is 17.5 Å². The van der Waals surface area contributed by atoms with Crippen molar-refractivity contribution in [2.75, 3.05) is 57.8 Å². The highest BCUT2D eigenvalue weighted by Crippen LogP contribution is 2.32. The maximum atomic E-state index is 12.4. The minimum atomic E-state index is -0.0898. The Morgan fingerprint density at radius 3 is 2.96 bits per heavy atom. The molecule has 25 heavy (non-hydrogen) atoms. The van der Waals surface area contributed by atoms with Crippen LogP contribution in [0.15, 0.2) is 24.3 Å². The fourth-order valence-corrected chi connectivity index (χ4v) is 3.37. The number of nitrogens with zero attached hydrogens (tertiary/aromatic N) is 3. The molecule has 0 spiro atoms. The van der Waals surface area contributed by atoms with Crippen molar-refractivity contribution in [2.45, 2.75) is 13.0 Å². The summed E-state index contributed by atoms with van der Waals surface area (Å²) in [6.45, 7) is 6.08. The van der Waals surface area contributed by atoms with Gasteiger partial charge >= 0.3 is 0 Å². The van der Waals surface area contributed by atoms with E-state index < -0.39 is 0 Å². The molecule has 3 rings (SSSR count). The van der Waals surface area contributed by atoms with E-state index in [0.717, 1.165) is 24.5 Å². The molecule has 2 amide bonds. The number of carbonyl (C=O) groups excluding carboxylic acids is 2. The highest BCUT2D eigenvalue weighted by atomic mass is 16.5. The summed E-state index contributed by atoms with van der Waals surface area (Å²) >= 11 is 0. The number of hydrogen-bond acceptors (Lipinski definition) is 5. The Morgan fingerprint density at radius 1 is 1.40 bits per heavy atom. The lowest BCUT2D eigenvalue weighted by Crippen LogP contribution is -2.53. The van der Waals surface area contributed by atoms with Gasteiger partial charge in [0.05, 0.1) is 25.3 Å². The maximum absolute atomic E-state index is 12.4. The second kappa shape index (κ2) is 7.74. The van der Waals surface area contributed by atoms with E-state index in [2.05, 4.69) is 23.2 Å². The molecule has 2 aliphatic heterocycles. The Balaban J connectivity index is 1.55. The summed E-state index contributed by atoms with van der Waals surface area (Å²) in [5.41, 5.74) is 1.12. The van der Waals surface area contributed by atoms with Crippen LogP contribution in [0.4, 0.5) is 5.69 Å². The standard InChI is InChI=1S/C18H26N4O3/c1-3-21-11-14(25-16-7-5-4-6-15(16)21)10-20(2)13-18(24)22-9-8-19-17(23)12-22/h4-7,14H,3,8-13H2,1-2H3,(H,19,23)/t14-/m0/s1. The van der Waals surface area contributed by atoms with Crippen molar-refractivity contribution in [1.29, 1.82) is 0 Å². The zero-order valence-corrected chi connectivity index (χ0v) is 14.9. The fourth-order valence-electron chi connectivity index (χ4n) is 3.37. The average Bonchev–Trinajstić information content (AvgIpc) is 2.60. The topological polar surface area (TPSA) is 65.1 Å². The van der Waals surface area contributed by atoms with Gasteiger partial charge in [-0.3, -0.25) is 14.5 Å². The Bertz CT molecular complexity index is 637. The summed E-state index contributed by atoms with van der Waals surface area (Å²) in [6.07, 6.45) is 0.0114. The van der Waals surface area contributed by atoms with Crippen LogP contribution < -0.4 is 15.0 Å². The smallest absolute Gasteiger partial charge is 0.239 e. The molecule has 0 radical (unpaired) electrons. The summed E-state index contributed by atoms with van der Waals surface area (Å²) in [5.74, 6) is 0.794. The van der Waals surface area contributed by atoms with Crippen LogP contribution in [0.1, 0.15) is 6.92 Å². The van der Waals surface area contributed by atoms with E-state index in [9.17, 15) is 9.59 Å². The van der Waals surface area contributed by atoms with E-state index in [0.29, 0.717) is 26.2 Å². The molecule has 1 atom stereocenters. The predicted octanol–water partition coefficient (Wildman–Crippen LogP) is 0.164. The Hall–Kier alpha value is -2.28. The van der Waals surface area contributed by atoms with Gasteiger partial charge in [-0.1, -0.05) is 12.1 Å². The Labute approximate surface area is 148 Å². The number of amides is 2. The summed E-state index contributed by atoms with van der Waals surface area (Å²) in [5, 5.41) is 2.73. The molecule has 1 aromatic carbocycles. The van der Waals surface area contributed by atoms with Gasteiger partial charge in [0.15, 0.2) is 0 Å². The van der Waals surface area contributed by atoms with E-state index in [1.165, 1.54) is 0 Å². The molecule has 7 nitrogen and oxygen atoms in total. The molecule has 2 heterocycles. The zero-order valence-electron chi connectivity index (χ0n) is 14.9. The van der Waals surface area contributed by atoms with Gasteiger partial charge < -0.3 is 19.9 Å².